The molecule has 0 saturated heterocycles. The fourth-order valence-corrected chi connectivity index (χ4v) is 5.43. The van der Waals surface area contributed by atoms with Crippen molar-refractivity contribution in [1.82, 2.24) is 14.5 Å². The molecule has 4 nitrogen and oxygen atoms in total. The predicted molar refractivity (Wildman–Crippen MR) is 109 cm³/mol. The van der Waals surface area contributed by atoms with Gasteiger partial charge >= 0.3 is 0 Å². The highest BCUT2D eigenvalue weighted by atomic mass is 32.2. The largest absolute Gasteiger partial charge is 0.309 e. The van der Waals surface area contributed by atoms with Gasteiger partial charge < -0.3 is 4.90 Å². The zero-order valence-corrected chi connectivity index (χ0v) is 17.1. The molecule has 1 aliphatic rings. The summed E-state index contributed by atoms with van der Waals surface area (Å²) in [7, 11) is 4.13. The number of hydrogen-bond acceptors (Lipinski definition) is 5. The second kappa shape index (κ2) is 8.06. The van der Waals surface area contributed by atoms with Crippen LogP contribution in [0, 0.1) is 0 Å². The van der Waals surface area contributed by atoms with Crippen LogP contribution < -0.4 is 5.56 Å². The van der Waals surface area contributed by atoms with Crippen molar-refractivity contribution < 1.29 is 0 Å². The highest BCUT2D eigenvalue weighted by Crippen LogP contribution is 2.34. The maximum atomic E-state index is 13.3. The SMILES string of the molecule is C=C(C)CSc1nc2sc3c(c2c(=O)n1CCCN(C)C)CCCC3. The van der Waals surface area contributed by atoms with Gasteiger partial charge in [0.25, 0.3) is 5.56 Å². The van der Waals surface area contributed by atoms with Crippen LogP contribution in [-0.2, 0) is 19.4 Å². The molecule has 2 aromatic rings. The molecule has 0 N–H and O–H groups in total. The molecule has 0 fully saturated rings. The lowest BCUT2D eigenvalue weighted by Crippen LogP contribution is -2.26. The number of hydrogen-bond donors (Lipinski definition) is 0. The molecule has 0 amide bonds. The van der Waals surface area contributed by atoms with Gasteiger partial charge in [-0.3, -0.25) is 9.36 Å². The van der Waals surface area contributed by atoms with E-state index in [4.69, 9.17) is 4.98 Å². The molecule has 0 aliphatic heterocycles. The second-order valence-electron chi connectivity index (χ2n) is 7.14. The van der Waals surface area contributed by atoms with Gasteiger partial charge in [0.15, 0.2) is 5.16 Å². The molecular weight excluding hydrogens is 350 g/mol. The number of rotatable bonds is 7. The minimum absolute atomic E-state index is 0.160. The third-order valence-corrected chi connectivity index (χ3v) is 6.87. The standard InChI is InChI=1S/C19H27N3OS2/c1-13(2)12-24-19-20-17-16(14-8-5-6-9-15(14)25-17)18(23)22(19)11-7-10-21(3)4/h1,5-12H2,2-4H3. The first kappa shape index (κ1) is 18.7. The Morgan fingerprint density at radius 1 is 1.36 bits per heavy atom. The summed E-state index contributed by atoms with van der Waals surface area (Å²) >= 11 is 3.37. The third kappa shape index (κ3) is 4.18. The van der Waals surface area contributed by atoms with E-state index >= 15 is 0 Å². The van der Waals surface area contributed by atoms with Crippen LogP contribution in [0.2, 0.25) is 0 Å². The Hall–Kier alpha value is -1.11. The number of aryl methyl sites for hydroxylation is 2. The molecule has 2 heterocycles. The molecule has 0 spiro atoms. The number of thioether (sulfide) groups is 1. The van der Waals surface area contributed by atoms with Gasteiger partial charge in [0.1, 0.15) is 4.83 Å². The zero-order valence-electron chi connectivity index (χ0n) is 15.4. The minimum Gasteiger partial charge on any atom is -0.309 e. The molecule has 2 aromatic heterocycles. The van der Waals surface area contributed by atoms with Gasteiger partial charge in [-0.05, 0) is 65.2 Å². The van der Waals surface area contributed by atoms with Crippen molar-refractivity contribution >= 4 is 33.3 Å². The van der Waals surface area contributed by atoms with Crippen LogP contribution in [0.1, 0.15) is 36.6 Å². The Bertz CT molecular complexity index is 835. The van der Waals surface area contributed by atoms with Crippen LogP contribution in [0.5, 0.6) is 0 Å². The molecule has 0 radical (unpaired) electrons. The van der Waals surface area contributed by atoms with E-state index in [1.54, 1.807) is 23.1 Å². The van der Waals surface area contributed by atoms with E-state index in [-0.39, 0.29) is 5.56 Å². The first-order valence-corrected chi connectivity index (χ1v) is 10.7. The van der Waals surface area contributed by atoms with Crippen LogP contribution in [0.15, 0.2) is 22.1 Å². The second-order valence-corrected chi connectivity index (χ2v) is 9.17. The van der Waals surface area contributed by atoms with Gasteiger partial charge in [-0.15, -0.1) is 11.3 Å². The van der Waals surface area contributed by atoms with Crippen LogP contribution >= 0.6 is 23.1 Å². The van der Waals surface area contributed by atoms with Crippen molar-refractivity contribution in [1.29, 1.82) is 0 Å². The summed E-state index contributed by atoms with van der Waals surface area (Å²) in [5.74, 6) is 0.802. The molecule has 25 heavy (non-hydrogen) atoms. The Balaban J connectivity index is 2.04. The smallest absolute Gasteiger partial charge is 0.263 e. The van der Waals surface area contributed by atoms with Crippen molar-refractivity contribution in [2.24, 2.45) is 0 Å². The van der Waals surface area contributed by atoms with E-state index in [1.807, 2.05) is 11.5 Å². The Kier molecular flexibility index (Phi) is 6.02. The number of fused-ring (bicyclic) bond motifs is 3. The zero-order chi connectivity index (χ0) is 18.0. The fourth-order valence-electron chi connectivity index (χ4n) is 3.26. The first-order chi connectivity index (χ1) is 12.0. The topological polar surface area (TPSA) is 38.1 Å². The van der Waals surface area contributed by atoms with Gasteiger partial charge in [0.2, 0.25) is 0 Å². The Morgan fingerprint density at radius 2 is 2.12 bits per heavy atom. The lowest BCUT2D eigenvalue weighted by molar-refractivity contribution is 0.379. The van der Waals surface area contributed by atoms with Gasteiger partial charge in [-0.1, -0.05) is 23.9 Å². The average Bonchev–Trinajstić information content (AvgIpc) is 2.93. The van der Waals surface area contributed by atoms with E-state index in [2.05, 4.69) is 25.6 Å². The lowest BCUT2D eigenvalue weighted by Gasteiger charge is -2.15. The monoisotopic (exact) mass is 377 g/mol. The summed E-state index contributed by atoms with van der Waals surface area (Å²) in [4.78, 5) is 22.7. The van der Waals surface area contributed by atoms with Crippen LogP contribution in [0.4, 0.5) is 0 Å². The Labute approximate surface area is 157 Å². The number of thiophene rings is 1. The van der Waals surface area contributed by atoms with Crippen molar-refractivity contribution in [3.8, 4) is 0 Å². The van der Waals surface area contributed by atoms with Crippen molar-refractivity contribution in [3.63, 3.8) is 0 Å². The van der Waals surface area contributed by atoms with E-state index in [1.165, 1.54) is 23.3 Å². The molecule has 6 heteroatoms. The predicted octanol–water partition coefficient (Wildman–Crippen LogP) is 3.96. The van der Waals surface area contributed by atoms with Crippen molar-refractivity contribution in [2.45, 2.75) is 50.7 Å². The Morgan fingerprint density at radius 3 is 2.84 bits per heavy atom. The summed E-state index contributed by atoms with van der Waals surface area (Å²) in [5, 5.41) is 1.74. The average molecular weight is 378 g/mol. The quantitative estimate of drug-likeness (QED) is 0.416. The van der Waals surface area contributed by atoms with E-state index in [0.717, 1.165) is 59.1 Å². The van der Waals surface area contributed by atoms with Gasteiger partial charge in [0.05, 0.1) is 5.39 Å². The molecule has 0 aromatic carbocycles. The summed E-state index contributed by atoms with van der Waals surface area (Å²) in [6.45, 7) is 7.70. The normalized spacial score (nSPS) is 14.2. The molecule has 3 rings (SSSR count). The van der Waals surface area contributed by atoms with Gasteiger partial charge in [-0.2, -0.15) is 0 Å². The lowest BCUT2D eigenvalue weighted by atomic mass is 9.97. The molecule has 0 saturated carbocycles. The highest BCUT2D eigenvalue weighted by molar-refractivity contribution is 7.99. The van der Waals surface area contributed by atoms with Gasteiger partial charge in [0, 0.05) is 17.2 Å². The van der Waals surface area contributed by atoms with E-state index in [9.17, 15) is 4.79 Å². The molecule has 0 unspecified atom stereocenters. The number of aromatic nitrogens is 2. The van der Waals surface area contributed by atoms with E-state index < -0.39 is 0 Å². The van der Waals surface area contributed by atoms with Crippen LogP contribution in [0.3, 0.4) is 0 Å². The molecule has 0 bridgehead atoms. The summed E-state index contributed by atoms with van der Waals surface area (Å²) in [6, 6.07) is 0. The molecule has 1 aliphatic carbocycles. The van der Waals surface area contributed by atoms with Gasteiger partial charge in [-0.25, -0.2) is 4.98 Å². The molecule has 136 valence electrons. The first-order valence-electron chi connectivity index (χ1n) is 8.94. The van der Waals surface area contributed by atoms with Crippen molar-refractivity contribution in [2.75, 3.05) is 26.4 Å². The van der Waals surface area contributed by atoms with Crippen LogP contribution in [-0.4, -0.2) is 40.8 Å². The highest BCUT2D eigenvalue weighted by Gasteiger charge is 2.22. The van der Waals surface area contributed by atoms with Crippen LogP contribution in [0.25, 0.3) is 10.2 Å². The number of nitrogens with zero attached hydrogens (tertiary/aromatic N) is 3. The summed E-state index contributed by atoms with van der Waals surface area (Å²) in [6.07, 6.45) is 5.50. The summed E-state index contributed by atoms with van der Waals surface area (Å²) < 4.78 is 1.90. The van der Waals surface area contributed by atoms with Crippen molar-refractivity contribution in [3.05, 3.63) is 32.9 Å². The molecule has 0 atom stereocenters. The fraction of sp³-hybridized carbons (Fsp3) is 0.579. The summed E-state index contributed by atoms with van der Waals surface area (Å²) in [5.41, 5.74) is 2.54. The third-order valence-electron chi connectivity index (χ3n) is 4.47. The molecular formula is C19H27N3OS2. The minimum atomic E-state index is 0.160. The maximum Gasteiger partial charge on any atom is 0.263 e. The maximum absolute atomic E-state index is 13.3. The van der Waals surface area contributed by atoms with E-state index in [0.29, 0.717) is 0 Å².